The number of nitrogens with zero attached hydrogens (tertiary/aromatic N) is 6. The molecule has 1 atom stereocenters. The van der Waals surface area contributed by atoms with E-state index in [-0.39, 0.29) is 0 Å². The van der Waals surface area contributed by atoms with E-state index in [0.29, 0.717) is 5.92 Å². The van der Waals surface area contributed by atoms with Gasteiger partial charge in [0.1, 0.15) is 5.82 Å². The summed E-state index contributed by atoms with van der Waals surface area (Å²) in [5.74, 6) is 2.38. The summed E-state index contributed by atoms with van der Waals surface area (Å²) in [4.78, 5) is 20.5. The maximum atomic E-state index is 4.67. The first-order valence-corrected chi connectivity index (χ1v) is 9.16. The van der Waals surface area contributed by atoms with E-state index in [0.717, 1.165) is 55.6 Å². The molecule has 0 aromatic carbocycles. The van der Waals surface area contributed by atoms with Crippen molar-refractivity contribution in [3.8, 4) is 0 Å². The highest BCUT2D eigenvalue weighted by atomic mass is 15.3. The van der Waals surface area contributed by atoms with E-state index in [1.807, 2.05) is 38.4 Å². The van der Waals surface area contributed by atoms with E-state index in [1.165, 1.54) is 5.56 Å². The summed E-state index contributed by atoms with van der Waals surface area (Å²) in [5, 5.41) is 0. The predicted octanol–water partition coefficient (Wildman–Crippen LogP) is 3.12. The van der Waals surface area contributed by atoms with Crippen molar-refractivity contribution in [2.24, 2.45) is 0 Å². The molecule has 1 fully saturated rings. The Balaban J connectivity index is 1.54. The Kier molecular flexibility index (Phi) is 4.65. The summed E-state index contributed by atoms with van der Waals surface area (Å²) in [6.45, 7) is 6.77. The highest BCUT2D eigenvalue weighted by molar-refractivity contribution is 5.34. The molecule has 0 radical (unpaired) electrons. The van der Waals surface area contributed by atoms with Crippen LogP contribution in [-0.4, -0.2) is 37.6 Å². The minimum Gasteiger partial charge on any atom is -0.340 e. The summed E-state index contributed by atoms with van der Waals surface area (Å²) < 4.78 is 2.24. The predicted molar refractivity (Wildman–Crippen MR) is 101 cm³/mol. The minimum absolute atomic E-state index is 0.389. The van der Waals surface area contributed by atoms with Gasteiger partial charge in [0.05, 0.1) is 6.54 Å². The van der Waals surface area contributed by atoms with Crippen LogP contribution in [0, 0.1) is 13.8 Å². The van der Waals surface area contributed by atoms with E-state index in [9.17, 15) is 0 Å². The van der Waals surface area contributed by atoms with Crippen LogP contribution in [0.15, 0.2) is 43.0 Å². The zero-order chi connectivity index (χ0) is 17.9. The third-order valence-electron chi connectivity index (χ3n) is 4.86. The first-order valence-electron chi connectivity index (χ1n) is 9.16. The molecule has 0 unspecified atom stereocenters. The van der Waals surface area contributed by atoms with Crippen molar-refractivity contribution in [1.82, 2.24) is 24.5 Å². The molecule has 0 bridgehead atoms. The van der Waals surface area contributed by atoms with Crippen molar-refractivity contribution in [1.29, 1.82) is 0 Å². The van der Waals surface area contributed by atoms with Crippen LogP contribution in [0.1, 0.15) is 41.5 Å². The van der Waals surface area contributed by atoms with Crippen LogP contribution in [0.2, 0.25) is 0 Å². The second-order valence-corrected chi connectivity index (χ2v) is 7.01. The van der Waals surface area contributed by atoms with Crippen molar-refractivity contribution in [3.05, 3.63) is 65.8 Å². The second kappa shape index (κ2) is 7.23. The fraction of sp³-hybridized carbons (Fsp3) is 0.400. The van der Waals surface area contributed by atoms with Gasteiger partial charge in [-0.2, -0.15) is 0 Å². The number of hydrogen-bond acceptors (Lipinski definition) is 5. The SMILES string of the molecule is Cc1cc(C)nc(N2CCC[C@H](c3nccn3Cc3cccnc3)C2)n1. The summed E-state index contributed by atoms with van der Waals surface area (Å²) in [7, 11) is 0. The molecule has 134 valence electrons. The molecule has 26 heavy (non-hydrogen) atoms. The topological polar surface area (TPSA) is 59.7 Å². The number of piperidine rings is 1. The van der Waals surface area contributed by atoms with Crippen molar-refractivity contribution in [2.45, 2.75) is 39.2 Å². The fourth-order valence-corrected chi connectivity index (χ4v) is 3.72. The lowest BCUT2D eigenvalue weighted by Gasteiger charge is -2.33. The molecule has 0 N–H and O–H groups in total. The van der Waals surface area contributed by atoms with Gasteiger partial charge >= 0.3 is 0 Å². The van der Waals surface area contributed by atoms with Crippen LogP contribution < -0.4 is 4.90 Å². The minimum atomic E-state index is 0.389. The van der Waals surface area contributed by atoms with Gasteiger partial charge < -0.3 is 9.47 Å². The molecule has 6 heteroatoms. The van der Waals surface area contributed by atoms with Crippen molar-refractivity contribution in [2.75, 3.05) is 18.0 Å². The van der Waals surface area contributed by atoms with Crippen molar-refractivity contribution >= 4 is 5.95 Å². The Hall–Kier alpha value is -2.76. The first-order chi connectivity index (χ1) is 12.7. The Bertz CT molecular complexity index is 853. The van der Waals surface area contributed by atoms with E-state index in [1.54, 1.807) is 6.20 Å². The molecule has 1 aliphatic heterocycles. The van der Waals surface area contributed by atoms with Gasteiger partial charge in [-0.1, -0.05) is 6.07 Å². The van der Waals surface area contributed by atoms with Crippen LogP contribution in [-0.2, 0) is 6.54 Å². The molecule has 0 spiro atoms. The molecule has 3 aromatic rings. The van der Waals surface area contributed by atoms with Crippen LogP contribution in [0.25, 0.3) is 0 Å². The molecular weight excluding hydrogens is 324 g/mol. The number of imidazole rings is 1. The van der Waals surface area contributed by atoms with Crippen LogP contribution in [0.4, 0.5) is 5.95 Å². The van der Waals surface area contributed by atoms with Gasteiger partial charge in [-0.05, 0) is 44.4 Å². The lowest BCUT2D eigenvalue weighted by Crippen LogP contribution is -2.36. The average Bonchev–Trinajstić information content (AvgIpc) is 3.10. The molecule has 4 rings (SSSR count). The average molecular weight is 348 g/mol. The third kappa shape index (κ3) is 3.59. The van der Waals surface area contributed by atoms with Crippen LogP contribution >= 0.6 is 0 Å². The van der Waals surface area contributed by atoms with E-state index in [2.05, 4.69) is 41.7 Å². The largest absolute Gasteiger partial charge is 0.340 e. The van der Waals surface area contributed by atoms with Crippen molar-refractivity contribution in [3.63, 3.8) is 0 Å². The highest BCUT2D eigenvalue weighted by Gasteiger charge is 2.26. The lowest BCUT2D eigenvalue weighted by molar-refractivity contribution is 0.471. The van der Waals surface area contributed by atoms with Gasteiger partial charge in [0.25, 0.3) is 0 Å². The van der Waals surface area contributed by atoms with E-state index < -0.39 is 0 Å². The van der Waals surface area contributed by atoms with Crippen LogP contribution in [0.5, 0.6) is 0 Å². The Morgan fingerprint density at radius 2 is 2.00 bits per heavy atom. The zero-order valence-corrected chi connectivity index (χ0v) is 15.3. The van der Waals surface area contributed by atoms with Gasteiger partial charge in [-0.15, -0.1) is 0 Å². The zero-order valence-electron chi connectivity index (χ0n) is 15.3. The summed E-state index contributed by atoms with van der Waals surface area (Å²) in [5.41, 5.74) is 3.23. The smallest absolute Gasteiger partial charge is 0.225 e. The maximum Gasteiger partial charge on any atom is 0.225 e. The Morgan fingerprint density at radius 1 is 1.15 bits per heavy atom. The molecule has 1 saturated heterocycles. The molecule has 4 heterocycles. The number of pyridine rings is 1. The Morgan fingerprint density at radius 3 is 2.77 bits per heavy atom. The van der Waals surface area contributed by atoms with Crippen molar-refractivity contribution < 1.29 is 0 Å². The summed E-state index contributed by atoms with van der Waals surface area (Å²) in [6.07, 6.45) is 9.96. The molecule has 3 aromatic heterocycles. The van der Waals surface area contributed by atoms with Gasteiger partial charge in [0, 0.05) is 55.2 Å². The normalized spacial score (nSPS) is 17.5. The lowest BCUT2D eigenvalue weighted by atomic mass is 9.97. The second-order valence-electron chi connectivity index (χ2n) is 7.01. The maximum absolute atomic E-state index is 4.67. The molecular formula is C20H24N6. The molecule has 1 aliphatic rings. The van der Waals surface area contributed by atoms with E-state index in [4.69, 9.17) is 0 Å². The number of aromatic nitrogens is 5. The molecule has 0 aliphatic carbocycles. The molecule has 0 amide bonds. The first kappa shape index (κ1) is 16.7. The van der Waals surface area contributed by atoms with E-state index >= 15 is 0 Å². The monoisotopic (exact) mass is 348 g/mol. The number of rotatable bonds is 4. The highest BCUT2D eigenvalue weighted by Crippen LogP contribution is 2.28. The third-order valence-corrected chi connectivity index (χ3v) is 4.86. The van der Waals surface area contributed by atoms with Crippen LogP contribution in [0.3, 0.4) is 0 Å². The number of anilines is 1. The summed E-state index contributed by atoms with van der Waals surface area (Å²) >= 11 is 0. The van der Waals surface area contributed by atoms with Gasteiger partial charge in [0.2, 0.25) is 5.95 Å². The van der Waals surface area contributed by atoms with Gasteiger partial charge in [-0.25, -0.2) is 15.0 Å². The Labute approximate surface area is 154 Å². The molecule has 0 saturated carbocycles. The summed E-state index contributed by atoms with van der Waals surface area (Å²) in [6, 6.07) is 6.10. The van der Waals surface area contributed by atoms with Gasteiger partial charge in [0.15, 0.2) is 0 Å². The standard InChI is InChI=1S/C20H24N6/c1-15-11-16(2)24-20(23-15)26-9-4-6-18(14-26)19-22-8-10-25(19)13-17-5-3-7-21-12-17/h3,5,7-8,10-12,18H,4,6,9,13-14H2,1-2H3/t18-/m0/s1. The number of hydrogen-bond donors (Lipinski definition) is 0. The fourth-order valence-electron chi connectivity index (χ4n) is 3.72. The number of aryl methyl sites for hydroxylation is 2. The van der Waals surface area contributed by atoms with Gasteiger partial charge in [-0.3, -0.25) is 4.98 Å². The molecule has 6 nitrogen and oxygen atoms in total. The quantitative estimate of drug-likeness (QED) is 0.725.